The molecule has 10 nitrogen and oxygen atoms in total. The molecule has 5 N–H and O–H groups in total. The maximum absolute atomic E-state index is 12.6. The molecule has 11 heteroatoms. The SMILES string of the molecule is CC(C)(N)C(=O)NC(CCCc1ccccc1Br)c1ncnn1CCOC(=O)NCCCCO. The van der Waals surface area contributed by atoms with Gasteiger partial charge >= 0.3 is 6.09 Å². The lowest BCUT2D eigenvalue weighted by molar-refractivity contribution is -0.126. The van der Waals surface area contributed by atoms with Crippen LogP contribution in [-0.4, -0.2) is 57.2 Å². The number of amides is 2. The number of halogens is 1. The predicted octanol–water partition coefficient (Wildman–Crippen LogP) is 2.46. The number of aliphatic hydroxyl groups is 1. The summed E-state index contributed by atoms with van der Waals surface area (Å²) in [7, 11) is 0. The first-order chi connectivity index (χ1) is 16.2. The number of unbranched alkanes of at least 4 members (excludes halogenated alkanes) is 1. The van der Waals surface area contributed by atoms with Crippen LogP contribution in [-0.2, 0) is 22.5 Å². The average Bonchev–Trinajstić information content (AvgIpc) is 3.25. The van der Waals surface area contributed by atoms with E-state index in [1.54, 1.807) is 18.5 Å². The van der Waals surface area contributed by atoms with Gasteiger partial charge in [0.1, 0.15) is 18.8 Å². The van der Waals surface area contributed by atoms with Crippen molar-refractivity contribution in [3.8, 4) is 0 Å². The van der Waals surface area contributed by atoms with Gasteiger partial charge in [0.25, 0.3) is 0 Å². The number of nitrogens with one attached hydrogen (secondary N) is 2. The highest BCUT2D eigenvalue weighted by molar-refractivity contribution is 9.10. The lowest BCUT2D eigenvalue weighted by Gasteiger charge is -2.24. The number of aryl methyl sites for hydroxylation is 1. The summed E-state index contributed by atoms with van der Waals surface area (Å²) in [5, 5.41) is 18.7. The summed E-state index contributed by atoms with van der Waals surface area (Å²) in [5.74, 6) is 0.295. The third-order valence-electron chi connectivity index (χ3n) is 5.13. The summed E-state index contributed by atoms with van der Waals surface area (Å²) in [6.07, 6.45) is 4.46. The first kappa shape index (κ1) is 27.7. The highest BCUT2D eigenvalue weighted by Gasteiger charge is 2.27. The molecule has 0 saturated heterocycles. The van der Waals surface area contributed by atoms with Crippen LogP contribution in [0.3, 0.4) is 0 Å². The predicted molar refractivity (Wildman–Crippen MR) is 132 cm³/mol. The van der Waals surface area contributed by atoms with Gasteiger partial charge in [0.15, 0.2) is 0 Å². The molecule has 0 spiro atoms. The van der Waals surface area contributed by atoms with Crippen molar-refractivity contribution in [3.63, 3.8) is 0 Å². The zero-order valence-corrected chi connectivity index (χ0v) is 21.4. The van der Waals surface area contributed by atoms with Gasteiger partial charge < -0.3 is 26.2 Å². The second-order valence-electron chi connectivity index (χ2n) is 8.57. The summed E-state index contributed by atoms with van der Waals surface area (Å²) in [6, 6.07) is 7.64. The van der Waals surface area contributed by atoms with Gasteiger partial charge in [-0.2, -0.15) is 5.10 Å². The Hall–Kier alpha value is -2.50. The lowest BCUT2D eigenvalue weighted by atomic mass is 10.0. The molecule has 0 aliphatic carbocycles. The maximum Gasteiger partial charge on any atom is 0.407 e. The molecule has 0 saturated carbocycles. The molecule has 0 fully saturated rings. The third kappa shape index (κ3) is 9.40. The lowest BCUT2D eigenvalue weighted by Crippen LogP contribution is -2.50. The van der Waals surface area contributed by atoms with Crippen LogP contribution in [0.1, 0.15) is 57.0 Å². The Labute approximate surface area is 208 Å². The molecular weight excluding hydrogens is 504 g/mol. The van der Waals surface area contributed by atoms with Crippen molar-refractivity contribution >= 4 is 27.9 Å². The highest BCUT2D eigenvalue weighted by Crippen LogP contribution is 2.22. The van der Waals surface area contributed by atoms with Gasteiger partial charge in [0.2, 0.25) is 5.91 Å². The molecule has 0 bridgehead atoms. The van der Waals surface area contributed by atoms with Crippen molar-refractivity contribution in [1.82, 2.24) is 25.4 Å². The Bertz CT molecular complexity index is 915. The monoisotopic (exact) mass is 538 g/mol. The fraction of sp³-hybridized carbons (Fsp3) is 0.565. The molecule has 1 aromatic carbocycles. The van der Waals surface area contributed by atoms with Crippen LogP contribution in [0.4, 0.5) is 4.79 Å². The van der Waals surface area contributed by atoms with Crippen LogP contribution in [0.25, 0.3) is 0 Å². The van der Waals surface area contributed by atoms with E-state index in [1.807, 2.05) is 18.2 Å². The first-order valence-corrected chi connectivity index (χ1v) is 12.2. The second kappa shape index (κ2) is 14.0. The molecule has 188 valence electrons. The second-order valence-corrected chi connectivity index (χ2v) is 9.42. The summed E-state index contributed by atoms with van der Waals surface area (Å²) in [4.78, 5) is 28.8. The fourth-order valence-corrected chi connectivity index (χ4v) is 3.71. The zero-order valence-electron chi connectivity index (χ0n) is 19.8. The molecule has 1 atom stereocenters. The standard InChI is InChI=1S/C23H35BrN6O4/c1-23(2,25)21(32)29-19(11-7-9-17-8-3-4-10-18(17)24)20-27-16-28-30(20)13-15-34-22(33)26-12-5-6-14-31/h3-4,8,10,16,19,31H,5-7,9,11-15,25H2,1-2H3,(H,26,33)(H,29,32). The Morgan fingerprint density at radius 2 is 2.03 bits per heavy atom. The quantitative estimate of drug-likeness (QED) is 0.270. The maximum atomic E-state index is 12.6. The van der Waals surface area contributed by atoms with E-state index in [2.05, 4.69) is 42.7 Å². The van der Waals surface area contributed by atoms with Gasteiger partial charge in [0, 0.05) is 17.6 Å². The van der Waals surface area contributed by atoms with E-state index in [1.165, 1.54) is 11.9 Å². The van der Waals surface area contributed by atoms with Gasteiger partial charge in [-0.1, -0.05) is 34.1 Å². The van der Waals surface area contributed by atoms with E-state index in [4.69, 9.17) is 15.6 Å². The molecule has 34 heavy (non-hydrogen) atoms. The van der Waals surface area contributed by atoms with E-state index >= 15 is 0 Å². The minimum Gasteiger partial charge on any atom is -0.448 e. The first-order valence-electron chi connectivity index (χ1n) is 11.4. The number of hydrogen-bond donors (Lipinski definition) is 4. The number of hydrogen-bond acceptors (Lipinski definition) is 7. The largest absolute Gasteiger partial charge is 0.448 e. The molecule has 0 radical (unpaired) electrons. The molecule has 2 amide bonds. The van der Waals surface area contributed by atoms with E-state index < -0.39 is 17.7 Å². The molecule has 1 unspecified atom stereocenters. The van der Waals surface area contributed by atoms with Crippen molar-refractivity contribution in [3.05, 3.63) is 46.5 Å². The summed E-state index contributed by atoms with van der Waals surface area (Å²) < 4.78 is 7.88. The highest BCUT2D eigenvalue weighted by atomic mass is 79.9. The van der Waals surface area contributed by atoms with Crippen molar-refractivity contribution in [2.75, 3.05) is 19.8 Å². The number of nitrogens with zero attached hydrogens (tertiary/aromatic N) is 3. The minimum atomic E-state index is -1.04. The van der Waals surface area contributed by atoms with Crippen LogP contribution >= 0.6 is 15.9 Å². The molecular formula is C23H35BrN6O4. The molecule has 2 rings (SSSR count). The van der Waals surface area contributed by atoms with Gasteiger partial charge in [-0.3, -0.25) is 4.79 Å². The Kier molecular flexibility index (Phi) is 11.4. The minimum absolute atomic E-state index is 0.0907. The number of ether oxygens (including phenoxy) is 1. The Morgan fingerprint density at radius 1 is 1.26 bits per heavy atom. The summed E-state index contributed by atoms with van der Waals surface area (Å²) in [5.41, 5.74) is 6.14. The number of nitrogens with two attached hydrogens (primary N) is 1. The molecule has 0 aliphatic rings. The topological polar surface area (TPSA) is 144 Å². The summed E-state index contributed by atoms with van der Waals surface area (Å²) >= 11 is 3.57. The number of aromatic nitrogens is 3. The van der Waals surface area contributed by atoms with Crippen LogP contribution in [0.5, 0.6) is 0 Å². The smallest absolute Gasteiger partial charge is 0.407 e. The summed E-state index contributed by atoms with van der Waals surface area (Å²) in [6.45, 7) is 4.22. The zero-order chi connectivity index (χ0) is 25.0. The van der Waals surface area contributed by atoms with E-state index in [9.17, 15) is 9.59 Å². The van der Waals surface area contributed by atoms with Crippen LogP contribution < -0.4 is 16.4 Å². The molecule has 0 aliphatic heterocycles. The van der Waals surface area contributed by atoms with E-state index in [0.29, 0.717) is 38.2 Å². The number of carbonyl (C=O) groups excluding carboxylic acids is 2. The molecule has 2 aromatic rings. The number of benzene rings is 1. The van der Waals surface area contributed by atoms with Gasteiger partial charge in [0.05, 0.1) is 18.1 Å². The van der Waals surface area contributed by atoms with Crippen molar-refractivity contribution < 1.29 is 19.4 Å². The van der Waals surface area contributed by atoms with Crippen LogP contribution in [0.2, 0.25) is 0 Å². The Balaban J connectivity index is 1.99. The van der Waals surface area contributed by atoms with Crippen molar-refractivity contribution in [2.45, 2.75) is 64.1 Å². The van der Waals surface area contributed by atoms with E-state index in [-0.39, 0.29) is 19.1 Å². The number of rotatable bonds is 14. The average molecular weight is 539 g/mol. The van der Waals surface area contributed by atoms with Crippen molar-refractivity contribution in [2.24, 2.45) is 5.73 Å². The van der Waals surface area contributed by atoms with Gasteiger partial charge in [-0.25, -0.2) is 14.5 Å². The third-order valence-corrected chi connectivity index (χ3v) is 5.91. The molecule has 1 aromatic heterocycles. The van der Waals surface area contributed by atoms with E-state index in [0.717, 1.165) is 17.3 Å². The number of aliphatic hydroxyl groups excluding tert-OH is 1. The van der Waals surface area contributed by atoms with Crippen LogP contribution in [0.15, 0.2) is 35.1 Å². The Morgan fingerprint density at radius 3 is 2.74 bits per heavy atom. The molecule has 1 heterocycles. The van der Waals surface area contributed by atoms with Crippen molar-refractivity contribution in [1.29, 1.82) is 0 Å². The van der Waals surface area contributed by atoms with Gasteiger partial charge in [-0.05, 0) is 57.6 Å². The number of alkyl carbamates (subject to hydrolysis) is 1. The fourth-order valence-electron chi connectivity index (χ4n) is 3.23. The van der Waals surface area contributed by atoms with Gasteiger partial charge in [-0.15, -0.1) is 0 Å². The van der Waals surface area contributed by atoms with Crippen LogP contribution in [0, 0.1) is 0 Å². The normalized spacial score (nSPS) is 12.3. The number of carbonyl (C=O) groups is 2.